The number of aliphatic carboxylic acids is 2. The summed E-state index contributed by atoms with van der Waals surface area (Å²) in [6, 6.07) is 0. The molecule has 0 aromatic rings. The highest BCUT2D eigenvalue weighted by molar-refractivity contribution is 5.80. The quantitative estimate of drug-likeness (QED) is 0.636. The SMILES string of the molecule is C=CCC(C(=O)O)C(CC(C)C)C(=O)O. The van der Waals surface area contributed by atoms with Crippen LogP contribution in [0, 0.1) is 17.8 Å². The van der Waals surface area contributed by atoms with E-state index in [1.807, 2.05) is 13.8 Å². The van der Waals surface area contributed by atoms with Crippen LogP contribution in [0.15, 0.2) is 12.7 Å². The minimum Gasteiger partial charge on any atom is -0.481 e. The first-order chi connectivity index (χ1) is 6.90. The van der Waals surface area contributed by atoms with Gasteiger partial charge in [-0.1, -0.05) is 19.9 Å². The largest absolute Gasteiger partial charge is 0.481 e. The third kappa shape index (κ3) is 4.63. The molecular formula is C11H18O4. The predicted octanol–water partition coefficient (Wildman–Crippen LogP) is 2.01. The summed E-state index contributed by atoms with van der Waals surface area (Å²) in [5, 5.41) is 17.9. The molecular weight excluding hydrogens is 196 g/mol. The minimum absolute atomic E-state index is 0.165. The highest BCUT2D eigenvalue weighted by Gasteiger charge is 2.32. The third-order valence-corrected chi connectivity index (χ3v) is 2.27. The molecule has 2 N–H and O–H groups in total. The van der Waals surface area contributed by atoms with Gasteiger partial charge < -0.3 is 10.2 Å². The van der Waals surface area contributed by atoms with Crippen LogP contribution in [0.3, 0.4) is 0 Å². The lowest BCUT2D eigenvalue weighted by Gasteiger charge is -2.20. The van der Waals surface area contributed by atoms with Crippen molar-refractivity contribution in [2.24, 2.45) is 17.8 Å². The maximum absolute atomic E-state index is 11.0. The molecule has 0 saturated carbocycles. The van der Waals surface area contributed by atoms with E-state index < -0.39 is 23.8 Å². The molecule has 0 fully saturated rings. The van der Waals surface area contributed by atoms with E-state index in [-0.39, 0.29) is 12.3 Å². The lowest BCUT2D eigenvalue weighted by molar-refractivity contribution is -0.154. The molecule has 2 unspecified atom stereocenters. The molecule has 0 saturated heterocycles. The Labute approximate surface area is 89.6 Å². The fourth-order valence-electron chi connectivity index (χ4n) is 1.56. The monoisotopic (exact) mass is 214 g/mol. The third-order valence-electron chi connectivity index (χ3n) is 2.27. The van der Waals surface area contributed by atoms with Crippen molar-refractivity contribution in [2.45, 2.75) is 26.7 Å². The van der Waals surface area contributed by atoms with Crippen LogP contribution in [0.25, 0.3) is 0 Å². The second-order valence-corrected chi connectivity index (χ2v) is 4.04. The molecule has 0 aromatic heterocycles. The smallest absolute Gasteiger partial charge is 0.307 e. The summed E-state index contributed by atoms with van der Waals surface area (Å²) < 4.78 is 0. The molecule has 0 aliphatic rings. The van der Waals surface area contributed by atoms with Gasteiger partial charge >= 0.3 is 11.9 Å². The van der Waals surface area contributed by atoms with Crippen LogP contribution in [0.1, 0.15) is 26.7 Å². The molecule has 0 aromatic carbocycles. The number of hydrogen-bond donors (Lipinski definition) is 2. The van der Waals surface area contributed by atoms with Crippen molar-refractivity contribution in [2.75, 3.05) is 0 Å². The van der Waals surface area contributed by atoms with Crippen molar-refractivity contribution in [1.29, 1.82) is 0 Å². The van der Waals surface area contributed by atoms with E-state index in [0.717, 1.165) is 0 Å². The maximum Gasteiger partial charge on any atom is 0.307 e. The minimum atomic E-state index is -1.07. The zero-order valence-corrected chi connectivity index (χ0v) is 9.14. The Bertz CT molecular complexity index is 245. The van der Waals surface area contributed by atoms with Crippen LogP contribution in [-0.4, -0.2) is 22.2 Å². The second kappa shape index (κ2) is 6.22. The molecule has 0 amide bonds. The fraction of sp³-hybridized carbons (Fsp3) is 0.636. The molecule has 2 atom stereocenters. The van der Waals surface area contributed by atoms with E-state index >= 15 is 0 Å². The first kappa shape index (κ1) is 13.7. The van der Waals surface area contributed by atoms with Gasteiger partial charge in [-0.15, -0.1) is 6.58 Å². The van der Waals surface area contributed by atoms with Crippen LogP contribution >= 0.6 is 0 Å². The van der Waals surface area contributed by atoms with Gasteiger partial charge in [0, 0.05) is 0 Å². The summed E-state index contributed by atoms with van der Waals surface area (Å²) in [7, 11) is 0. The van der Waals surface area contributed by atoms with Gasteiger partial charge in [0.25, 0.3) is 0 Å². The molecule has 0 aliphatic carbocycles. The summed E-state index contributed by atoms with van der Waals surface area (Å²) in [6.45, 7) is 7.20. The highest BCUT2D eigenvalue weighted by atomic mass is 16.4. The zero-order chi connectivity index (χ0) is 12.0. The fourth-order valence-corrected chi connectivity index (χ4v) is 1.56. The molecule has 0 heterocycles. The Hall–Kier alpha value is -1.32. The Morgan fingerprint density at radius 3 is 1.93 bits per heavy atom. The van der Waals surface area contributed by atoms with Crippen molar-refractivity contribution in [3.05, 3.63) is 12.7 Å². The molecule has 4 nitrogen and oxygen atoms in total. The van der Waals surface area contributed by atoms with E-state index in [0.29, 0.717) is 6.42 Å². The maximum atomic E-state index is 11.0. The first-order valence-electron chi connectivity index (χ1n) is 4.96. The summed E-state index contributed by atoms with van der Waals surface area (Å²) in [6.07, 6.45) is 2.02. The van der Waals surface area contributed by atoms with E-state index in [4.69, 9.17) is 10.2 Å². The lowest BCUT2D eigenvalue weighted by Crippen LogP contribution is -2.30. The molecule has 0 bridgehead atoms. The molecule has 0 aliphatic heterocycles. The Balaban J connectivity index is 4.74. The van der Waals surface area contributed by atoms with Crippen LogP contribution in [0.4, 0.5) is 0 Å². The normalized spacial score (nSPS) is 14.6. The number of rotatable bonds is 7. The Kier molecular flexibility index (Phi) is 5.67. The van der Waals surface area contributed by atoms with Crippen molar-refractivity contribution in [3.63, 3.8) is 0 Å². The van der Waals surface area contributed by atoms with Gasteiger partial charge in [0.15, 0.2) is 0 Å². The van der Waals surface area contributed by atoms with Gasteiger partial charge in [-0.05, 0) is 18.8 Å². The first-order valence-corrected chi connectivity index (χ1v) is 4.96. The number of hydrogen-bond acceptors (Lipinski definition) is 2. The van der Waals surface area contributed by atoms with Crippen LogP contribution in [0.2, 0.25) is 0 Å². The average Bonchev–Trinajstić information content (AvgIpc) is 2.09. The molecule has 86 valence electrons. The summed E-state index contributed by atoms with van der Waals surface area (Å²) in [5.74, 6) is -3.65. The standard InChI is InChI=1S/C11H18O4/c1-4-5-8(10(12)13)9(11(14)15)6-7(2)3/h4,7-9H,1,5-6H2,2-3H3,(H,12,13)(H,14,15). The average molecular weight is 214 g/mol. The zero-order valence-electron chi connectivity index (χ0n) is 9.14. The van der Waals surface area contributed by atoms with Gasteiger partial charge in [-0.25, -0.2) is 0 Å². The number of carboxylic acids is 2. The van der Waals surface area contributed by atoms with Crippen LogP contribution in [0.5, 0.6) is 0 Å². The highest BCUT2D eigenvalue weighted by Crippen LogP contribution is 2.24. The van der Waals surface area contributed by atoms with Gasteiger partial charge in [0.05, 0.1) is 11.8 Å². The van der Waals surface area contributed by atoms with E-state index in [1.54, 1.807) is 0 Å². The van der Waals surface area contributed by atoms with Gasteiger partial charge in [0.1, 0.15) is 0 Å². The van der Waals surface area contributed by atoms with E-state index in [2.05, 4.69) is 6.58 Å². The molecule has 15 heavy (non-hydrogen) atoms. The molecule has 0 rings (SSSR count). The van der Waals surface area contributed by atoms with Gasteiger partial charge in [-0.2, -0.15) is 0 Å². The topological polar surface area (TPSA) is 74.6 Å². The van der Waals surface area contributed by atoms with Crippen LogP contribution < -0.4 is 0 Å². The summed E-state index contributed by atoms with van der Waals surface area (Å²) in [4.78, 5) is 21.9. The molecule has 0 radical (unpaired) electrons. The number of allylic oxidation sites excluding steroid dienone is 1. The Morgan fingerprint density at radius 1 is 1.20 bits per heavy atom. The van der Waals surface area contributed by atoms with Crippen molar-refractivity contribution < 1.29 is 19.8 Å². The number of carbonyl (C=O) groups is 2. The lowest BCUT2D eigenvalue weighted by atomic mass is 9.83. The Morgan fingerprint density at radius 2 is 1.67 bits per heavy atom. The van der Waals surface area contributed by atoms with Gasteiger partial charge in [-0.3, -0.25) is 9.59 Å². The van der Waals surface area contributed by atoms with Gasteiger partial charge in [0.2, 0.25) is 0 Å². The second-order valence-electron chi connectivity index (χ2n) is 4.04. The van der Waals surface area contributed by atoms with E-state index in [9.17, 15) is 9.59 Å². The predicted molar refractivity (Wildman–Crippen MR) is 56.5 cm³/mol. The van der Waals surface area contributed by atoms with E-state index in [1.165, 1.54) is 6.08 Å². The number of carboxylic acid groups (broad SMARTS) is 2. The van der Waals surface area contributed by atoms with Crippen molar-refractivity contribution in [1.82, 2.24) is 0 Å². The van der Waals surface area contributed by atoms with Crippen molar-refractivity contribution in [3.8, 4) is 0 Å². The molecule has 4 heteroatoms. The van der Waals surface area contributed by atoms with Crippen molar-refractivity contribution >= 4 is 11.9 Å². The summed E-state index contributed by atoms with van der Waals surface area (Å²) >= 11 is 0. The molecule has 0 spiro atoms. The summed E-state index contributed by atoms with van der Waals surface area (Å²) in [5.41, 5.74) is 0. The van der Waals surface area contributed by atoms with Crippen LogP contribution in [-0.2, 0) is 9.59 Å².